The third-order valence-corrected chi connectivity index (χ3v) is 2.77. The zero-order chi connectivity index (χ0) is 16.0. The maximum atomic E-state index is 11.9. The standard InChI is InChI=1S/C12H19N5O4/c1-7(2)9(16-12(13)21)10(18)14-3-4-17-5-8(11(19)20)15-6-17/h5-7,9H,3-4H2,1-2H3,(H,14,18)(H,19,20)(H3,13,16,21). The van der Waals surface area contributed by atoms with Crippen LogP contribution in [0.2, 0.25) is 0 Å². The number of nitrogens with two attached hydrogens (primary N) is 1. The molecule has 0 saturated heterocycles. The number of carboxylic acid groups (broad SMARTS) is 1. The van der Waals surface area contributed by atoms with Crippen molar-refractivity contribution in [3.8, 4) is 0 Å². The molecule has 0 aliphatic rings. The van der Waals surface area contributed by atoms with Crippen LogP contribution in [0, 0.1) is 5.92 Å². The summed E-state index contributed by atoms with van der Waals surface area (Å²) in [7, 11) is 0. The van der Waals surface area contributed by atoms with Gasteiger partial charge in [0.25, 0.3) is 0 Å². The quantitative estimate of drug-likeness (QED) is 0.531. The first-order valence-electron chi connectivity index (χ1n) is 6.40. The molecule has 9 nitrogen and oxygen atoms in total. The lowest BCUT2D eigenvalue weighted by Crippen LogP contribution is -2.51. The predicted molar refractivity (Wildman–Crippen MR) is 73.5 cm³/mol. The lowest BCUT2D eigenvalue weighted by atomic mass is 10.0. The molecule has 0 aliphatic carbocycles. The van der Waals surface area contributed by atoms with Crippen LogP contribution in [-0.4, -0.2) is 45.2 Å². The molecule has 21 heavy (non-hydrogen) atoms. The molecule has 3 amide bonds. The summed E-state index contributed by atoms with van der Waals surface area (Å²) in [6.45, 7) is 4.22. The lowest BCUT2D eigenvalue weighted by molar-refractivity contribution is -0.123. The van der Waals surface area contributed by atoms with E-state index in [1.165, 1.54) is 12.5 Å². The van der Waals surface area contributed by atoms with Crippen molar-refractivity contribution in [1.29, 1.82) is 0 Å². The first-order chi connectivity index (χ1) is 9.81. The highest BCUT2D eigenvalue weighted by atomic mass is 16.4. The van der Waals surface area contributed by atoms with E-state index in [0.717, 1.165) is 0 Å². The molecule has 1 rings (SSSR count). The number of hydrogen-bond acceptors (Lipinski definition) is 4. The lowest BCUT2D eigenvalue weighted by Gasteiger charge is -2.20. The average Bonchev–Trinajstić information content (AvgIpc) is 2.84. The van der Waals surface area contributed by atoms with Crippen molar-refractivity contribution in [2.24, 2.45) is 11.7 Å². The minimum Gasteiger partial charge on any atom is -0.476 e. The van der Waals surface area contributed by atoms with Crippen molar-refractivity contribution in [1.82, 2.24) is 20.2 Å². The Morgan fingerprint density at radius 2 is 2.10 bits per heavy atom. The summed E-state index contributed by atoms with van der Waals surface area (Å²) in [6.07, 6.45) is 2.74. The minimum absolute atomic E-state index is 0.0585. The fourth-order valence-electron chi connectivity index (χ4n) is 1.70. The van der Waals surface area contributed by atoms with E-state index in [0.29, 0.717) is 6.54 Å². The van der Waals surface area contributed by atoms with E-state index in [4.69, 9.17) is 10.8 Å². The van der Waals surface area contributed by atoms with Gasteiger partial charge in [0.05, 0.1) is 6.33 Å². The zero-order valence-electron chi connectivity index (χ0n) is 11.9. The summed E-state index contributed by atoms with van der Waals surface area (Å²) in [6, 6.07) is -1.47. The maximum absolute atomic E-state index is 11.9. The van der Waals surface area contributed by atoms with Gasteiger partial charge in [-0.3, -0.25) is 4.79 Å². The van der Waals surface area contributed by atoms with E-state index in [9.17, 15) is 14.4 Å². The number of nitrogens with zero attached hydrogens (tertiary/aromatic N) is 2. The van der Waals surface area contributed by atoms with Gasteiger partial charge in [0.1, 0.15) is 6.04 Å². The van der Waals surface area contributed by atoms with Crippen LogP contribution in [0.1, 0.15) is 24.3 Å². The SMILES string of the molecule is CC(C)C(NC(N)=O)C(=O)NCCn1cnc(C(=O)O)c1. The van der Waals surface area contributed by atoms with Gasteiger partial charge in [-0.05, 0) is 5.92 Å². The summed E-state index contributed by atoms with van der Waals surface area (Å²) in [5.74, 6) is -1.56. The van der Waals surface area contributed by atoms with Gasteiger partial charge in [-0.2, -0.15) is 0 Å². The van der Waals surface area contributed by atoms with Crippen LogP contribution >= 0.6 is 0 Å². The molecule has 1 aromatic heterocycles. The molecule has 0 bridgehead atoms. The molecular weight excluding hydrogens is 278 g/mol. The number of urea groups is 1. The second kappa shape index (κ2) is 7.27. The normalized spacial score (nSPS) is 12.0. The van der Waals surface area contributed by atoms with Crippen molar-refractivity contribution in [3.63, 3.8) is 0 Å². The summed E-state index contributed by atoms with van der Waals surface area (Å²) in [5.41, 5.74) is 4.96. The molecule has 0 aromatic carbocycles. The van der Waals surface area contributed by atoms with Crippen LogP contribution in [0.15, 0.2) is 12.5 Å². The fraction of sp³-hybridized carbons (Fsp3) is 0.500. The topological polar surface area (TPSA) is 139 Å². The number of nitrogens with one attached hydrogen (secondary N) is 2. The minimum atomic E-state index is -1.11. The van der Waals surface area contributed by atoms with E-state index < -0.39 is 18.0 Å². The van der Waals surface area contributed by atoms with Crippen LogP contribution < -0.4 is 16.4 Å². The van der Waals surface area contributed by atoms with E-state index in [1.54, 1.807) is 18.4 Å². The number of carbonyl (C=O) groups is 3. The third-order valence-electron chi connectivity index (χ3n) is 2.77. The Morgan fingerprint density at radius 1 is 1.43 bits per heavy atom. The van der Waals surface area contributed by atoms with Crippen molar-refractivity contribution < 1.29 is 19.5 Å². The van der Waals surface area contributed by atoms with Crippen LogP contribution in [0.5, 0.6) is 0 Å². The highest BCUT2D eigenvalue weighted by Crippen LogP contribution is 2.01. The van der Waals surface area contributed by atoms with Crippen LogP contribution in [0.4, 0.5) is 4.79 Å². The number of hydrogen-bond donors (Lipinski definition) is 4. The number of imidazole rings is 1. The molecule has 9 heteroatoms. The van der Waals surface area contributed by atoms with Crippen molar-refractivity contribution in [3.05, 3.63) is 18.2 Å². The molecule has 0 radical (unpaired) electrons. The average molecular weight is 297 g/mol. The monoisotopic (exact) mass is 297 g/mol. The molecule has 1 unspecified atom stereocenters. The van der Waals surface area contributed by atoms with E-state index in [1.807, 2.05) is 0 Å². The molecule has 0 fully saturated rings. The van der Waals surface area contributed by atoms with Gasteiger partial charge in [-0.1, -0.05) is 13.8 Å². The fourth-order valence-corrected chi connectivity index (χ4v) is 1.70. The van der Waals surface area contributed by atoms with Gasteiger partial charge in [0.15, 0.2) is 5.69 Å². The van der Waals surface area contributed by atoms with Crippen LogP contribution in [0.3, 0.4) is 0 Å². The number of aromatic nitrogens is 2. The van der Waals surface area contributed by atoms with Gasteiger partial charge in [0, 0.05) is 19.3 Å². The molecule has 1 heterocycles. The first-order valence-corrected chi connectivity index (χ1v) is 6.40. The Morgan fingerprint density at radius 3 is 2.57 bits per heavy atom. The Bertz CT molecular complexity index is 525. The van der Waals surface area contributed by atoms with Gasteiger partial charge < -0.3 is 26.0 Å². The van der Waals surface area contributed by atoms with Crippen LogP contribution in [0.25, 0.3) is 0 Å². The Hall–Kier alpha value is -2.58. The Kier molecular flexibility index (Phi) is 5.70. The van der Waals surface area contributed by atoms with E-state index in [-0.39, 0.29) is 24.1 Å². The molecule has 1 aromatic rings. The smallest absolute Gasteiger partial charge is 0.356 e. The molecule has 1 atom stereocenters. The molecule has 0 spiro atoms. The van der Waals surface area contributed by atoms with Gasteiger partial charge in [-0.15, -0.1) is 0 Å². The van der Waals surface area contributed by atoms with Gasteiger partial charge in [0.2, 0.25) is 5.91 Å². The number of aromatic carboxylic acids is 1. The molecule has 0 saturated carbocycles. The van der Waals surface area contributed by atoms with Crippen molar-refractivity contribution in [2.75, 3.05) is 6.54 Å². The number of carbonyl (C=O) groups excluding carboxylic acids is 2. The highest BCUT2D eigenvalue weighted by Gasteiger charge is 2.22. The highest BCUT2D eigenvalue weighted by molar-refractivity contribution is 5.86. The van der Waals surface area contributed by atoms with Crippen molar-refractivity contribution in [2.45, 2.75) is 26.4 Å². The Balaban J connectivity index is 2.47. The largest absolute Gasteiger partial charge is 0.476 e. The molecule has 5 N–H and O–H groups in total. The summed E-state index contributed by atoms with van der Waals surface area (Å²) in [5, 5.41) is 13.8. The number of rotatable bonds is 7. The molecule has 0 aliphatic heterocycles. The number of primary amides is 1. The molecular formula is C12H19N5O4. The van der Waals surface area contributed by atoms with E-state index >= 15 is 0 Å². The first kappa shape index (κ1) is 16.5. The number of amides is 3. The van der Waals surface area contributed by atoms with Crippen LogP contribution in [-0.2, 0) is 11.3 Å². The Labute approximate surface area is 121 Å². The second-order valence-corrected chi connectivity index (χ2v) is 4.82. The zero-order valence-corrected chi connectivity index (χ0v) is 11.9. The second-order valence-electron chi connectivity index (χ2n) is 4.82. The summed E-state index contributed by atoms with van der Waals surface area (Å²) < 4.78 is 1.55. The number of carboxylic acids is 1. The van der Waals surface area contributed by atoms with E-state index in [2.05, 4.69) is 15.6 Å². The molecule has 116 valence electrons. The summed E-state index contributed by atoms with van der Waals surface area (Å²) >= 11 is 0. The van der Waals surface area contributed by atoms with Crippen molar-refractivity contribution >= 4 is 17.9 Å². The predicted octanol–water partition coefficient (Wildman–Crippen LogP) is -0.610. The van der Waals surface area contributed by atoms with Gasteiger partial charge in [-0.25, -0.2) is 14.6 Å². The van der Waals surface area contributed by atoms with Gasteiger partial charge >= 0.3 is 12.0 Å². The summed E-state index contributed by atoms with van der Waals surface area (Å²) in [4.78, 5) is 37.1. The maximum Gasteiger partial charge on any atom is 0.356 e. The third kappa shape index (κ3) is 5.13.